The summed E-state index contributed by atoms with van der Waals surface area (Å²) in [5.74, 6) is 0.0968. The van der Waals surface area contributed by atoms with Gasteiger partial charge in [0.1, 0.15) is 0 Å². The van der Waals surface area contributed by atoms with E-state index in [1.165, 1.54) is 0 Å². The molecule has 0 unspecified atom stereocenters. The van der Waals surface area contributed by atoms with Crippen molar-refractivity contribution in [3.63, 3.8) is 0 Å². The van der Waals surface area contributed by atoms with E-state index >= 15 is 0 Å². The minimum atomic E-state index is 0.0968. The van der Waals surface area contributed by atoms with Gasteiger partial charge in [-0.2, -0.15) is 0 Å². The highest BCUT2D eigenvalue weighted by Crippen LogP contribution is 2.06. The number of nitrogens with one attached hydrogen (secondary N) is 2. The van der Waals surface area contributed by atoms with Crippen LogP contribution in [-0.4, -0.2) is 48.7 Å². The standard InChI is InChI=1S/C9H18N2O2.C4H2BrClN2/c1-10-9(12)2-5-11-8-3-6-13-7-4-8;5-3-1-7-4(6)8-2-3/h8,11H,2-7H2,1H3,(H,10,12);1-2H. The highest BCUT2D eigenvalue weighted by molar-refractivity contribution is 9.10. The van der Waals surface area contributed by atoms with Gasteiger partial charge in [-0.15, -0.1) is 0 Å². The van der Waals surface area contributed by atoms with Gasteiger partial charge in [0.2, 0.25) is 11.2 Å². The van der Waals surface area contributed by atoms with Crippen LogP contribution in [0.25, 0.3) is 0 Å². The van der Waals surface area contributed by atoms with Crippen LogP contribution in [0.2, 0.25) is 5.28 Å². The summed E-state index contributed by atoms with van der Waals surface area (Å²) in [6, 6.07) is 0.540. The van der Waals surface area contributed by atoms with E-state index in [9.17, 15) is 4.79 Å². The molecule has 0 aromatic carbocycles. The molecular formula is C13H20BrClN4O2. The number of carbonyl (C=O) groups excluding carboxylic acids is 1. The van der Waals surface area contributed by atoms with Gasteiger partial charge in [-0.1, -0.05) is 0 Å². The number of hydrogen-bond acceptors (Lipinski definition) is 5. The fourth-order valence-electron chi connectivity index (χ4n) is 1.71. The van der Waals surface area contributed by atoms with Crippen LogP contribution in [-0.2, 0) is 9.53 Å². The van der Waals surface area contributed by atoms with Crippen molar-refractivity contribution in [3.8, 4) is 0 Å². The Labute approximate surface area is 138 Å². The summed E-state index contributed by atoms with van der Waals surface area (Å²) in [5, 5.41) is 6.22. The van der Waals surface area contributed by atoms with E-state index in [0.717, 1.165) is 37.1 Å². The molecule has 0 saturated carbocycles. The van der Waals surface area contributed by atoms with Crippen LogP contribution < -0.4 is 10.6 Å². The van der Waals surface area contributed by atoms with E-state index in [4.69, 9.17) is 16.3 Å². The molecule has 2 N–H and O–H groups in total. The molecule has 21 heavy (non-hydrogen) atoms. The van der Waals surface area contributed by atoms with Gasteiger partial charge in [0.05, 0.1) is 4.47 Å². The Morgan fingerprint density at radius 1 is 1.43 bits per heavy atom. The maximum atomic E-state index is 10.9. The van der Waals surface area contributed by atoms with Crippen molar-refractivity contribution in [2.75, 3.05) is 26.8 Å². The third-order valence-electron chi connectivity index (χ3n) is 2.87. The Morgan fingerprint density at radius 2 is 2.05 bits per heavy atom. The Morgan fingerprint density at radius 3 is 2.57 bits per heavy atom. The van der Waals surface area contributed by atoms with Gasteiger partial charge in [0.25, 0.3) is 0 Å². The lowest BCUT2D eigenvalue weighted by molar-refractivity contribution is -0.120. The number of carbonyl (C=O) groups is 1. The van der Waals surface area contributed by atoms with Crippen LogP contribution >= 0.6 is 27.5 Å². The van der Waals surface area contributed by atoms with E-state index in [1.54, 1.807) is 19.4 Å². The van der Waals surface area contributed by atoms with Gasteiger partial charge >= 0.3 is 0 Å². The molecule has 1 fully saturated rings. The van der Waals surface area contributed by atoms with Crippen molar-refractivity contribution in [1.29, 1.82) is 0 Å². The summed E-state index contributed by atoms with van der Waals surface area (Å²) in [6.45, 7) is 2.46. The van der Waals surface area contributed by atoms with E-state index in [2.05, 4.69) is 36.5 Å². The van der Waals surface area contributed by atoms with E-state index < -0.39 is 0 Å². The van der Waals surface area contributed by atoms with Crippen molar-refractivity contribution in [3.05, 3.63) is 22.1 Å². The van der Waals surface area contributed by atoms with E-state index in [1.807, 2.05) is 0 Å². The normalized spacial score (nSPS) is 15.0. The molecule has 0 bridgehead atoms. The highest BCUT2D eigenvalue weighted by Gasteiger charge is 2.12. The van der Waals surface area contributed by atoms with Crippen molar-refractivity contribution < 1.29 is 9.53 Å². The van der Waals surface area contributed by atoms with Gasteiger partial charge in [-0.05, 0) is 40.4 Å². The van der Waals surface area contributed by atoms with Gasteiger partial charge in [-0.25, -0.2) is 9.97 Å². The topological polar surface area (TPSA) is 76.1 Å². The fourth-order valence-corrected chi connectivity index (χ4v) is 2.02. The van der Waals surface area contributed by atoms with Gasteiger partial charge in [-0.3, -0.25) is 4.79 Å². The molecule has 0 aliphatic carbocycles. The minimum Gasteiger partial charge on any atom is -0.381 e. The molecule has 1 aromatic heterocycles. The van der Waals surface area contributed by atoms with Crippen LogP contribution in [0.5, 0.6) is 0 Å². The molecule has 0 atom stereocenters. The number of hydrogen-bond donors (Lipinski definition) is 2. The number of aromatic nitrogens is 2. The first-order chi connectivity index (χ1) is 10.1. The first kappa shape index (κ1) is 18.3. The Hall–Kier alpha value is -0.760. The molecule has 1 amide bonds. The third-order valence-corrected chi connectivity index (χ3v) is 3.48. The third kappa shape index (κ3) is 8.98. The van der Waals surface area contributed by atoms with E-state index in [-0.39, 0.29) is 11.2 Å². The molecule has 1 aliphatic heterocycles. The smallest absolute Gasteiger partial charge is 0.222 e. The van der Waals surface area contributed by atoms with Crippen molar-refractivity contribution >= 4 is 33.4 Å². The number of amides is 1. The number of nitrogens with zero attached hydrogens (tertiary/aromatic N) is 2. The molecule has 1 aromatic rings. The lowest BCUT2D eigenvalue weighted by atomic mass is 10.1. The molecule has 8 heteroatoms. The monoisotopic (exact) mass is 378 g/mol. The van der Waals surface area contributed by atoms with Gasteiger partial charge < -0.3 is 15.4 Å². The maximum absolute atomic E-state index is 10.9. The van der Waals surface area contributed by atoms with Crippen molar-refractivity contribution in [2.24, 2.45) is 0 Å². The van der Waals surface area contributed by atoms with Crippen LogP contribution in [0, 0.1) is 0 Å². The zero-order valence-electron chi connectivity index (χ0n) is 11.9. The zero-order valence-corrected chi connectivity index (χ0v) is 14.3. The molecular weight excluding hydrogens is 360 g/mol. The molecule has 6 nitrogen and oxygen atoms in total. The quantitative estimate of drug-likeness (QED) is 0.780. The summed E-state index contributed by atoms with van der Waals surface area (Å²) < 4.78 is 6.06. The largest absolute Gasteiger partial charge is 0.381 e. The highest BCUT2D eigenvalue weighted by atomic mass is 79.9. The van der Waals surface area contributed by atoms with Crippen LogP contribution in [0.15, 0.2) is 16.9 Å². The second kappa shape index (κ2) is 10.9. The summed E-state index contributed by atoms with van der Waals surface area (Å²) >= 11 is 8.53. The lowest BCUT2D eigenvalue weighted by Crippen LogP contribution is -2.36. The van der Waals surface area contributed by atoms with E-state index in [0.29, 0.717) is 12.5 Å². The second-order valence-corrected chi connectivity index (χ2v) is 5.69. The SMILES string of the molecule is CNC(=O)CCNC1CCOCC1.Clc1ncc(Br)cn1. The number of rotatable bonds is 4. The lowest BCUT2D eigenvalue weighted by Gasteiger charge is -2.22. The summed E-state index contributed by atoms with van der Waals surface area (Å²) in [4.78, 5) is 18.2. The second-order valence-electron chi connectivity index (χ2n) is 4.43. The molecule has 2 heterocycles. The first-order valence-corrected chi connectivity index (χ1v) is 7.93. The fraction of sp³-hybridized carbons (Fsp3) is 0.615. The molecule has 1 saturated heterocycles. The molecule has 118 valence electrons. The van der Waals surface area contributed by atoms with Crippen LogP contribution in [0.1, 0.15) is 19.3 Å². The van der Waals surface area contributed by atoms with Crippen molar-refractivity contribution in [2.45, 2.75) is 25.3 Å². The Balaban J connectivity index is 0.000000235. The van der Waals surface area contributed by atoms with Crippen LogP contribution in [0.3, 0.4) is 0 Å². The predicted octanol–water partition coefficient (Wildman–Crippen LogP) is 1.78. The average Bonchev–Trinajstić information content (AvgIpc) is 2.52. The minimum absolute atomic E-state index is 0.0968. The number of halogens is 2. The molecule has 1 aliphatic rings. The molecule has 0 radical (unpaired) electrons. The van der Waals surface area contributed by atoms with Gasteiger partial charge in [0.15, 0.2) is 0 Å². The summed E-state index contributed by atoms with van der Waals surface area (Å²) in [5.41, 5.74) is 0. The molecule has 2 rings (SSSR count). The summed E-state index contributed by atoms with van der Waals surface area (Å²) in [6.07, 6.45) is 5.88. The zero-order chi connectivity index (χ0) is 15.5. The average molecular weight is 380 g/mol. The van der Waals surface area contributed by atoms with Gasteiger partial charge in [0, 0.05) is 51.7 Å². The summed E-state index contributed by atoms with van der Waals surface area (Å²) in [7, 11) is 1.66. The Kier molecular flexibility index (Phi) is 9.49. The number of ether oxygens (including phenoxy) is 1. The van der Waals surface area contributed by atoms with Crippen molar-refractivity contribution in [1.82, 2.24) is 20.6 Å². The molecule has 0 spiro atoms. The van der Waals surface area contributed by atoms with Crippen LogP contribution in [0.4, 0.5) is 0 Å². The Bertz CT molecular complexity index is 392. The predicted molar refractivity (Wildman–Crippen MR) is 85.3 cm³/mol. The maximum Gasteiger partial charge on any atom is 0.222 e. The first-order valence-electron chi connectivity index (χ1n) is 6.76.